The highest BCUT2D eigenvalue weighted by Gasteiger charge is 2.25. The van der Waals surface area contributed by atoms with Crippen molar-refractivity contribution in [1.29, 1.82) is 0 Å². The molecule has 0 amide bonds. The molecule has 0 radical (unpaired) electrons. The molecule has 1 fully saturated rings. The summed E-state index contributed by atoms with van der Waals surface area (Å²) < 4.78 is 19.6. The highest BCUT2D eigenvalue weighted by molar-refractivity contribution is 9.10. The molecule has 3 heteroatoms. The molecule has 1 saturated carbocycles. The van der Waals surface area contributed by atoms with E-state index in [1.807, 2.05) is 0 Å². The van der Waals surface area contributed by atoms with Crippen LogP contribution in [-0.2, 0) is 0 Å². The van der Waals surface area contributed by atoms with Crippen molar-refractivity contribution in [3.63, 3.8) is 0 Å². The Morgan fingerprint density at radius 2 is 1.82 bits per heavy atom. The van der Waals surface area contributed by atoms with E-state index in [1.54, 1.807) is 6.07 Å². The van der Waals surface area contributed by atoms with E-state index in [9.17, 15) is 4.39 Å². The summed E-state index contributed by atoms with van der Waals surface area (Å²) in [7, 11) is 0. The first-order chi connectivity index (χ1) is 8.04. The van der Waals surface area contributed by atoms with Gasteiger partial charge < -0.3 is 4.74 Å². The molecular weight excluding hydrogens is 283 g/mol. The molecule has 0 heterocycles. The Bertz CT molecular complexity index is 384. The summed E-state index contributed by atoms with van der Waals surface area (Å²) in [6, 6.07) is 4.59. The Morgan fingerprint density at radius 1 is 1.18 bits per heavy atom. The lowest BCUT2D eigenvalue weighted by Gasteiger charge is -2.31. The summed E-state index contributed by atoms with van der Waals surface area (Å²) in [6.07, 6.45) is 3.72. The fourth-order valence-electron chi connectivity index (χ4n) is 2.72. The minimum Gasteiger partial charge on any atom is -0.489 e. The van der Waals surface area contributed by atoms with Crippen LogP contribution in [0.15, 0.2) is 22.7 Å². The van der Waals surface area contributed by atoms with Gasteiger partial charge in [-0.15, -0.1) is 0 Å². The van der Waals surface area contributed by atoms with Gasteiger partial charge in [0.15, 0.2) is 0 Å². The Labute approximate surface area is 110 Å². The minimum atomic E-state index is -0.241. The normalized spacial score (nSPS) is 29.1. The molecule has 17 heavy (non-hydrogen) atoms. The van der Waals surface area contributed by atoms with Gasteiger partial charge in [-0.05, 0) is 65.2 Å². The summed E-state index contributed by atoms with van der Waals surface area (Å²) in [6.45, 7) is 4.54. The van der Waals surface area contributed by atoms with Gasteiger partial charge in [0.05, 0.1) is 10.6 Å². The summed E-state index contributed by atoms with van der Waals surface area (Å²) >= 11 is 3.34. The maximum absolute atomic E-state index is 13.0. The summed E-state index contributed by atoms with van der Waals surface area (Å²) in [4.78, 5) is 0. The first-order valence-corrected chi connectivity index (χ1v) is 6.95. The van der Waals surface area contributed by atoms with Crippen molar-refractivity contribution in [3.05, 3.63) is 28.5 Å². The van der Waals surface area contributed by atoms with E-state index in [1.165, 1.54) is 18.6 Å². The average molecular weight is 301 g/mol. The van der Waals surface area contributed by atoms with E-state index in [0.29, 0.717) is 16.3 Å². The number of rotatable bonds is 2. The maximum Gasteiger partial charge on any atom is 0.134 e. The van der Waals surface area contributed by atoms with Crippen LogP contribution < -0.4 is 4.74 Å². The van der Waals surface area contributed by atoms with Gasteiger partial charge in [-0.2, -0.15) is 0 Å². The van der Waals surface area contributed by atoms with Crippen molar-refractivity contribution in [3.8, 4) is 5.75 Å². The molecule has 2 rings (SSSR count). The number of hydrogen-bond acceptors (Lipinski definition) is 1. The predicted octanol–water partition coefficient (Wildman–Crippen LogP) is 4.79. The molecule has 1 aromatic rings. The SMILES string of the molecule is CC1CC(C)CC(Oc2ccc(F)cc2Br)C1. The Morgan fingerprint density at radius 3 is 2.41 bits per heavy atom. The van der Waals surface area contributed by atoms with E-state index in [2.05, 4.69) is 29.8 Å². The van der Waals surface area contributed by atoms with E-state index >= 15 is 0 Å². The Kier molecular flexibility index (Phi) is 4.08. The van der Waals surface area contributed by atoms with Crippen molar-refractivity contribution in [1.82, 2.24) is 0 Å². The topological polar surface area (TPSA) is 9.23 Å². The van der Waals surface area contributed by atoms with E-state index in [0.717, 1.165) is 18.6 Å². The standard InChI is InChI=1S/C14H18BrFO/c1-9-5-10(2)7-12(6-9)17-14-4-3-11(16)8-13(14)15/h3-4,8-10,12H,5-7H2,1-2H3. The smallest absolute Gasteiger partial charge is 0.134 e. The molecule has 1 aromatic carbocycles. The quantitative estimate of drug-likeness (QED) is 0.763. The maximum atomic E-state index is 13.0. The van der Waals surface area contributed by atoms with Crippen molar-refractivity contribution < 1.29 is 9.13 Å². The van der Waals surface area contributed by atoms with Crippen LogP contribution in [0.25, 0.3) is 0 Å². The van der Waals surface area contributed by atoms with Gasteiger partial charge in [0.1, 0.15) is 11.6 Å². The van der Waals surface area contributed by atoms with Gasteiger partial charge >= 0.3 is 0 Å². The van der Waals surface area contributed by atoms with Gasteiger partial charge in [0, 0.05) is 0 Å². The van der Waals surface area contributed by atoms with Gasteiger partial charge in [-0.25, -0.2) is 4.39 Å². The minimum absolute atomic E-state index is 0.241. The van der Waals surface area contributed by atoms with Crippen LogP contribution in [0.1, 0.15) is 33.1 Å². The lowest BCUT2D eigenvalue weighted by atomic mass is 9.82. The molecule has 0 aliphatic heterocycles. The van der Waals surface area contributed by atoms with Crippen molar-refractivity contribution in [2.24, 2.45) is 11.8 Å². The highest BCUT2D eigenvalue weighted by Crippen LogP contribution is 2.33. The molecule has 2 atom stereocenters. The molecule has 1 aliphatic carbocycles. The predicted molar refractivity (Wildman–Crippen MR) is 70.7 cm³/mol. The summed E-state index contributed by atoms with van der Waals surface area (Å²) in [5.41, 5.74) is 0. The Hall–Kier alpha value is -0.570. The van der Waals surface area contributed by atoms with Crippen LogP contribution in [0, 0.1) is 17.7 Å². The molecule has 0 bridgehead atoms. The second kappa shape index (κ2) is 5.38. The monoisotopic (exact) mass is 300 g/mol. The first kappa shape index (κ1) is 12.9. The number of halogens is 2. The third-order valence-corrected chi connectivity index (χ3v) is 3.94. The summed E-state index contributed by atoms with van der Waals surface area (Å²) in [5.74, 6) is 1.93. The molecule has 2 unspecified atom stereocenters. The van der Waals surface area contributed by atoms with Crippen molar-refractivity contribution in [2.45, 2.75) is 39.2 Å². The average Bonchev–Trinajstić information content (AvgIpc) is 2.21. The largest absolute Gasteiger partial charge is 0.489 e. The van der Waals surface area contributed by atoms with Crippen LogP contribution >= 0.6 is 15.9 Å². The third-order valence-electron chi connectivity index (χ3n) is 3.32. The lowest BCUT2D eigenvalue weighted by Crippen LogP contribution is -2.28. The molecule has 0 spiro atoms. The zero-order valence-corrected chi connectivity index (χ0v) is 11.8. The molecule has 94 valence electrons. The van der Waals surface area contributed by atoms with Gasteiger partial charge in [0.25, 0.3) is 0 Å². The van der Waals surface area contributed by atoms with E-state index in [4.69, 9.17) is 4.74 Å². The molecule has 1 aliphatic rings. The molecule has 1 nitrogen and oxygen atoms in total. The molecule has 0 aromatic heterocycles. The van der Waals surface area contributed by atoms with Crippen LogP contribution in [0.4, 0.5) is 4.39 Å². The molecule has 0 N–H and O–H groups in total. The van der Waals surface area contributed by atoms with Gasteiger partial charge in [0.2, 0.25) is 0 Å². The Balaban J connectivity index is 2.04. The van der Waals surface area contributed by atoms with Crippen LogP contribution in [0.2, 0.25) is 0 Å². The fraction of sp³-hybridized carbons (Fsp3) is 0.571. The second-order valence-corrected chi connectivity index (χ2v) is 6.09. The summed E-state index contributed by atoms with van der Waals surface area (Å²) in [5, 5.41) is 0. The van der Waals surface area contributed by atoms with Gasteiger partial charge in [-0.3, -0.25) is 0 Å². The van der Waals surface area contributed by atoms with E-state index < -0.39 is 0 Å². The zero-order chi connectivity index (χ0) is 12.4. The third kappa shape index (κ3) is 3.44. The highest BCUT2D eigenvalue weighted by atomic mass is 79.9. The number of benzene rings is 1. The zero-order valence-electron chi connectivity index (χ0n) is 10.2. The van der Waals surface area contributed by atoms with Crippen LogP contribution in [0.3, 0.4) is 0 Å². The second-order valence-electron chi connectivity index (χ2n) is 5.23. The fourth-order valence-corrected chi connectivity index (χ4v) is 3.16. The van der Waals surface area contributed by atoms with E-state index in [-0.39, 0.29) is 11.9 Å². The number of hydrogen-bond donors (Lipinski definition) is 0. The lowest BCUT2D eigenvalue weighted by molar-refractivity contribution is 0.100. The van der Waals surface area contributed by atoms with Crippen LogP contribution in [-0.4, -0.2) is 6.10 Å². The molecular formula is C14H18BrFO. The number of ether oxygens (including phenoxy) is 1. The van der Waals surface area contributed by atoms with Crippen molar-refractivity contribution >= 4 is 15.9 Å². The van der Waals surface area contributed by atoms with Gasteiger partial charge in [-0.1, -0.05) is 13.8 Å². The van der Waals surface area contributed by atoms with Crippen LogP contribution in [0.5, 0.6) is 5.75 Å². The molecule has 0 saturated heterocycles. The van der Waals surface area contributed by atoms with Crippen molar-refractivity contribution in [2.75, 3.05) is 0 Å². The first-order valence-electron chi connectivity index (χ1n) is 6.16.